The molecule has 1 aromatic rings. The molecule has 118 valence electrons. The van der Waals surface area contributed by atoms with Crippen molar-refractivity contribution in [1.82, 2.24) is 5.32 Å². The summed E-state index contributed by atoms with van der Waals surface area (Å²) in [5.74, 6) is -0.273. The van der Waals surface area contributed by atoms with E-state index >= 15 is 0 Å². The predicted octanol–water partition coefficient (Wildman–Crippen LogP) is 2.63. The molecule has 1 saturated carbocycles. The van der Waals surface area contributed by atoms with Crippen molar-refractivity contribution in [3.63, 3.8) is 0 Å². The average molecular weight is 304 g/mol. The highest BCUT2D eigenvalue weighted by atomic mass is 19.1. The number of rotatable bonds is 3. The summed E-state index contributed by atoms with van der Waals surface area (Å²) in [7, 11) is 0. The maximum Gasteiger partial charge on any atom is 0.229 e. The summed E-state index contributed by atoms with van der Waals surface area (Å²) in [5, 5.41) is 3.00. The van der Waals surface area contributed by atoms with Gasteiger partial charge in [0, 0.05) is 24.6 Å². The summed E-state index contributed by atoms with van der Waals surface area (Å²) in [6, 6.07) is 5.83. The Morgan fingerprint density at radius 3 is 2.73 bits per heavy atom. The van der Waals surface area contributed by atoms with Crippen LogP contribution in [0.4, 0.5) is 10.1 Å². The van der Waals surface area contributed by atoms with E-state index in [2.05, 4.69) is 5.32 Å². The lowest BCUT2D eigenvalue weighted by Crippen LogP contribution is -2.41. The lowest BCUT2D eigenvalue weighted by molar-refractivity contribution is -0.126. The van der Waals surface area contributed by atoms with Gasteiger partial charge in [0.05, 0.1) is 6.04 Å². The monoisotopic (exact) mass is 304 g/mol. The van der Waals surface area contributed by atoms with Crippen molar-refractivity contribution >= 4 is 17.5 Å². The fourth-order valence-electron chi connectivity index (χ4n) is 3.38. The highest BCUT2D eigenvalue weighted by Gasteiger charge is 2.33. The second-order valence-corrected chi connectivity index (χ2v) is 6.23. The third kappa shape index (κ3) is 3.29. The molecular formula is C17H21FN2O2. The van der Waals surface area contributed by atoms with Crippen LogP contribution >= 0.6 is 0 Å². The zero-order valence-corrected chi connectivity index (χ0v) is 12.6. The van der Waals surface area contributed by atoms with Crippen molar-refractivity contribution in [3.05, 3.63) is 30.1 Å². The predicted molar refractivity (Wildman–Crippen MR) is 81.9 cm³/mol. The van der Waals surface area contributed by atoms with Crippen molar-refractivity contribution in [2.75, 3.05) is 11.4 Å². The van der Waals surface area contributed by atoms with Gasteiger partial charge in [-0.05, 0) is 31.0 Å². The van der Waals surface area contributed by atoms with Gasteiger partial charge < -0.3 is 10.2 Å². The highest BCUT2D eigenvalue weighted by molar-refractivity contribution is 5.96. The van der Waals surface area contributed by atoms with Gasteiger partial charge in [-0.2, -0.15) is 0 Å². The lowest BCUT2D eigenvalue weighted by atomic mass is 9.88. The SMILES string of the molecule is O=C(N[C@@H]1CC(=O)N(c2cccc(F)c2)C1)C1CCCCC1. The van der Waals surface area contributed by atoms with Gasteiger partial charge in [0.15, 0.2) is 0 Å². The molecular weight excluding hydrogens is 283 g/mol. The van der Waals surface area contributed by atoms with Gasteiger partial charge in [-0.15, -0.1) is 0 Å². The van der Waals surface area contributed by atoms with E-state index in [-0.39, 0.29) is 36.0 Å². The molecule has 0 radical (unpaired) electrons. The highest BCUT2D eigenvalue weighted by Crippen LogP contribution is 2.25. The summed E-state index contributed by atoms with van der Waals surface area (Å²) in [4.78, 5) is 25.9. The number of nitrogens with one attached hydrogen (secondary N) is 1. The van der Waals surface area contributed by atoms with Crippen LogP contribution in [-0.2, 0) is 9.59 Å². The normalized spacial score (nSPS) is 22.9. The number of amides is 2. The Labute approximate surface area is 129 Å². The van der Waals surface area contributed by atoms with Gasteiger partial charge in [0.25, 0.3) is 0 Å². The van der Waals surface area contributed by atoms with Gasteiger partial charge >= 0.3 is 0 Å². The van der Waals surface area contributed by atoms with E-state index in [1.54, 1.807) is 17.0 Å². The largest absolute Gasteiger partial charge is 0.351 e. The van der Waals surface area contributed by atoms with E-state index in [1.807, 2.05) is 0 Å². The molecule has 1 aliphatic carbocycles. The molecule has 4 nitrogen and oxygen atoms in total. The third-order valence-corrected chi connectivity index (χ3v) is 4.57. The number of benzene rings is 1. The quantitative estimate of drug-likeness (QED) is 0.933. The fraction of sp³-hybridized carbons (Fsp3) is 0.529. The Morgan fingerprint density at radius 2 is 2.00 bits per heavy atom. The van der Waals surface area contributed by atoms with Crippen LogP contribution in [0.5, 0.6) is 0 Å². The molecule has 2 amide bonds. The first kappa shape index (κ1) is 15.0. The molecule has 1 aromatic carbocycles. The van der Waals surface area contributed by atoms with Gasteiger partial charge in [-0.25, -0.2) is 4.39 Å². The molecule has 0 aromatic heterocycles. The Balaban J connectivity index is 1.61. The van der Waals surface area contributed by atoms with E-state index in [9.17, 15) is 14.0 Å². The number of hydrogen-bond donors (Lipinski definition) is 1. The molecule has 1 aliphatic heterocycles. The summed E-state index contributed by atoms with van der Waals surface area (Å²) in [5.41, 5.74) is 0.555. The standard InChI is InChI=1S/C17H21FN2O2/c18-13-7-4-8-15(9-13)20-11-14(10-16(20)21)19-17(22)12-5-2-1-3-6-12/h4,7-9,12,14H,1-3,5-6,10-11H2,(H,19,22)/t14-/m1/s1. The number of anilines is 1. The molecule has 1 heterocycles. The number of nitrogens with zero attached hydrogens (tertiary/aromatic N) is 1. The molecule has 0 unspecified atom stereocenters. The summed E-state index contributed by atoms with van der Waals surface area (Å²) < 4.78 is 13.3. The van der Waals surface area contributed by atoms with E-state index in [1.165, 1.54) is 18.6 Å². The van der Waals surface area contributed by atoms with Crippen LogP contribution in [0.2, 0.25) is 0 Å². The Kier molecular flexibility index (Phi) is 4.41. The van der Waals surface area contributed by atoms with Gasteiger partial charge in [0.2, 0.25) is 11.8 Å². The lowest BCUT2D eigenvalue weighted by Gasteiger charge is -2.23. The van der Waals surface area contributed by atoms with Crippen molar-refractivity contribution in [1.29, 1.82) is 0 Å². The van der Waals surface area contributed by atoms with Gasteiger partial charge in [-0.3, -0.25) is 9.59 Å². The van der Waals surface area contributed by atoms with Crippen LogP contribution in [0.15, 0.2) is 24.3 Å². The van der Waals surface area contributed by atoms with Crippen molar-refractivity contribution in [2.45, 2.75) is 44.6 Å². The maximum atomic E-state index is 13.3. The molecule has 22 heavy (non-hydrogen) atoms. The first-order valence-corrected chi connectivity index (χ1v) is 8.00. The average Bonchev–Trinajstić information content (AvgIpc) is 2.88. The Hall–Kier alpha value is -1.91. The molecule has 1 atom stereocenters. The first-order chi connectivity index (χ1) is 10.6. The number of carbonyl (C=O) groups excluding carboxylic acids is 2. The second-order valence-electron chi connectivity index (χ2n) is 6.23. The van der Waals surface area contributed by atoms with Gasteiger partial charge in [0.1, 0.15) is 5.82 Å². The molecule has 5 heteroatoms. The summed E-state index contributed by atoms with van der Waals surface area (Å²) in [6.07, 6.45) is 5.60. The number of carbonyl (C=O) groups is 2. The zero-order chi connectivity index (χ0) is 15.5. The van der Waals surface area contributed by atoms with Crippen LogP contribution in [0.25, 0.3) is 0 Å². The maximum absolute atomic E-state index is 13.3. The van der Waals surface area contributed by atoms with Crippen LogP contribution < -0.4 is 10.2 Å². The van der Waals surface area contributed by atoms with E-state index in [4.69, 9.17) is 0 Å². The molecule has 0 spiro atoms. The third-order valence-electron chi connectivity index (χ3n) is 4.57. The number of halogens is 1. The Morgan fingerprint density at radius 1 is 1.23 bits per heavy atom. The topological polar surface area (TPSA) is 49.4 Å². The van der Waals surface area contributed by atoms with E-state index < -0.39 is 0 Å². The van der Waals surface area contributed by atoms with E-state index in [0.717, 1.165) is 25.7 Å². The minimum absolute atomic E-state index is 0.0681. The fourth-order valence-corrected chi connectivity index (χ4v) is 3.38. The molecule has 1 saturated heterocycles. The van der Waals surface area contributed by atoms with Gasteiger partial charge in [-0.1, -0.05) is 25.3 Å². The van der Waals surface area contributed by atoms with Crippen LogP contribution in [0.1, 0.15) is 38.5 Å². The molecule has 1 N–H and O–H groups in total. The van der Waals surface area contributed by atoms with Crippen LogP contribution in [0, 0.1) is 11.7 Å². The molecule has 2 aliphatic rings. The van der Waals surface area contributed by atoms with Crippen LogP contribution in [0.3, 0.4) is 0 Å². The first-order valence-electron chi connectivity index (χ1n) is 8.00. The molecule has 3 rings (SSSR count). The summed E-state index contributed by atoms with van der Waals surface area (Å²) in [6.45, 7) is 0.417. The van der Waals surface area contributed by atoms with Crippen LogP contribution in [-0.4, -0.2) is 24.4 Å². The van der Waals surface area contributed by atoms with E-state index in [0.29, 0.717) is 12.2 Å². The second kappa shape index (κ2) is 6.46. The molecule has 2 fully saturated rings. The smallest absolute Gasteiger partial charge is 0.229 e. The Bertz CT molecular complexity index is 570. The minimum atomic E-state index is -0.361. The van der Waals surface area contributed by atoms with Crippen molar-refractivity contribution < 1.29 is 14.0 Å². The van der Waals surface area contributed by atoms with Crippen molar-refractivity contribution in [2.24, 2.45) is 5.92 Å². The number of hydrogen-bond acceptors (Lipinski definition) is 2. The summed E-state index contributed by atoms with van der Waals surface area (Å²) >= 11 is 0. The minimum Gasteiger partial charge on any atom is -0.351 e. The zero-order valence-electron chi connectivity index (χ0n) is 12.6. The molecule has 0 bridgehead atoms. The van der Waals surface area contributed by atoms with Crippen molar-refractivity contribution in [3.8, 4) is 0 Å².